The first kappa shape index (κ1) is 18.3. The Morgan fingerprint density at radius 1 is 1.23 bits per heavy atom. The molecule has 0 saturated carbocycles. The van der Waals surface area contributed by atoms with E-state index in [2.05, 4.69) is 37.9 Å². The van der Waals surface area contributed by atoms with Crippen LogP contribution in [0, 0.1) is 0 Å². The molecule has 2 heterocycles. The summed E-state index contributed by atoms with van der Waals surface area (Å²) >= 11 is 1.45. The number of aromatic nitrogens is 2. The minimum Gasteiger partial charge on any atom is -0.481 e. The van der Waals surface area contributed by atoms with Crippen molar-refractivity contribution < 1.29 is 9.90 Å². The summed E-state index contributed by atoms with van der Waals surface area (Å²) < 4.78 is 1.50. The number of rotatable bonds is 5. The Labute approximate surface area is 155 Å². The molecule has 5 nitrogen and oxygen atoms in total. The molecule has 0 fully saturated rings. The number of carboxylic acids is 1. The molecule has 0 bridgehead atoms. The lowest BCUT2D eigenvalue weighted by Gasteiger charge is -2.19. The summed E-state index contributed by atoms with van der Waals surface area (Å²) in [4.78, 5) is 28.6. The van der Waals surface area contributed by atoms with Crippen LogP contribution in [0.15, 0.2) is 40.8 Å². The number of aliphatic carboxylic acids is 1. The van der Waals surface area contributed by atoms with E-state index >= 15 is 0 Å². The summed E-state index contributed by atoms with van der Waals surface area (Å²) in [6.45, 7) is 6.86. The summed E-state index contributed by atoms with van der Waals surface area (Å²) in [5, 5.41) is 11.3. The molecule has 0 amide bonds. The molecule has 0 radical (unpaired) electrons. The lowest BCUT2D eigenvalue weighted by Crippen LogP contribution is -2.20. The average Bonchev–Trinajstić information content (AvgIpc) is 3.01. The van der Waals surface area contributed by atoms with Gasteiger partial charge < -0.3 is 5.11 Å². The third kappa shape index (κ3) is 3.70. The lowest BCUT2D eigenvalue weighted by molar-refractivity contribution is -0.137. The third-order valence-corrected chi connectivity index (χ3v) is 5.30. The molecular formula is C20H22N2O3S. The van der Waals surface area contributed by atoms with Gasteiger partial charge in [0, 0.05) is 23.9 Å². The maximum Gasteiger partial charge on any atom is 0.303 e. The predicted octanol–water partition coefficient (Wildman–Crippen LogP) is 4.29. The Morgan fingerprint density at radius 3 is 2.54 bits per heavy atom. The zero-order valence-electron chi connectivity index (χ0n) is 15.2. The zero-order chi connectivity index (χ0) is 18.9. The molecule has 0 aliphatic rings. The molecule has 136 valence electrons. The van der Waals surface area contributed by atoms with E-state index < -0.39 is 5.97 Å². The molecule has 1 N–H and O–H groups in total. The fraction of sp³-hybridized carbons (Fsp3) is 0.350. The van der Waals surface area contributed by atoms with Crippen molar-refractivity contribution in [2.75, 3.05) is 0 Å². The Kier molecular flexibility index (Phi) is 4.96. The first-order valence-corrected chi connectivity index (χ1v) is 9.44. The van der Waals surface area contributed by atoms with Gasteiger partial charge >= 0.3 is 5.97 Å². The summed E-state index contributed by atoms with van der Waals surface area (Å²) in [5.74, 6) is -0.859. The topological polar surface area (TPSA) is 72.2 Å². The second-order valence-corrected chi connectivity index (χ2v) is 8.26. The highest BCUT2D eigenvalue weighted by Gasteiger charge is 2.16. The fourth-order valence-electron chi connectivity index (χ4n) is 2.89. The molecule has 3 aromatic rings. The van der Waals surface area contributed by atoms with E-state index in [1.54, 1.807) is 0 Å². The van der Waals surface area contributed by atoms with Crippen LogP contribution in [0.3, 0.4) is 0 Å². The summed E-state index contributed by atoms with van der Waals surface area (Å²) in [6, 6.07) is 8.29. The van der Waals surface area contributed by atoms with Crippen molar-refractivity contribution in [3.05, 3.63) is 51.9 Å². The monoisotopic (exact) mass is 370 g/mol. The van der Waals surface area contributed by atoms with Gasteiger partial charge in [0.2, 0.25) is 0 Å². The van der Waals surface area contributed by atoms with Gasteiger partial charge in [-0.1, -0.05) is 45.0 Å². The normalized spacial score (nSPS) is 11.8. The maximum absolute atomic E-state index is 12.9. The largest absolute Gasteiger partial charge is 0.481 e. The first-order chi connectivity index (χ1) is 12.3. The van der Waals surface area contributed by atoms with Crippen molar-refractivity contribution in [3.8, 4) is 11.1 Å². The van der Waals surface area contributed by atoms with Crippen LogP contribution in [0.25, 0.3) is 21.3 Å². The quantitative estimate of drug-likeness (QED) is 0.727. The van der Waals surface area contributed by atoms with Crippen molar-refractivity contribution in [3.63, 3.8) is 0 Å². The van der Waals surface area contributed by atoms with Crippen LogP contribution in [0.5, 0.6) is 0 Å². The van der Waals surface area contributed by atoms with Crippen LogP contribution < -0.4 is 5.56 Å². The molecule has 26 heavy (non-hydrogen) atoms. The molecule has 0 aliphatic carbocycles. The highest BCUT2D eigenvalue weighted by molar-refractivity contribution is 7.17. The highest BCUT2D eigenvalue weighted by atomic mass is 32.1. The molecule has 3 rings (SSSR count). The van der Waals surface area contributed by atoms with Crippen molar-refractivity contribution in [2.24, 2.45) is 0 Å². The van der Waals surface area contributed by atoms with Crippen LogP contribution >= 0.6 is 11.3 Å². The third-order valence-electron chi connectivity index (χ3n) is 4.41. The van der Waals surface area contributed by atoms with Crippen LogP contribution in [0.2, 0.25) is 0 Å². The SMILES string of the molecule is CC(C)(C)c1ccc(-c2csc3ncn(CCCC(=O)O)c(=O)c23)cc1. The number of nitrogens with zero attached hydrogens (tertiary/aromatic N) is 2. The van der Waals surface area contributed by atoms with Gasteiger partial charge in [-0.2, -0.15) is 0 Å². The van der Waals surface area contributed by atoms with Crippen molar-refractivity contribution in [1.82, 2.24) is 9.55 Å². The van der Waals surface area contributed by atoms with Gasteiger partial charge in [0.25, 0.3) is 5.56 Å². The Bertz CT molecular complexity index is 995. The number of carbonyl (C=O) groups is 1. The van der Waals surface area contributed by atoms with Crippen LogP contribution in [0.1, 0.15) is 39.2 Å². The molecule has 0 saturated heterocycles. The molecule has 6 heteroatoms. The number of benzene rings is 1. The van der Waals surface area contributed by atoms with Crippen LogP contribution in [0.4, 0.5) is 0 Å². The van der Waals surface area contributed by atoms with Crippen molar-refractivity contribution in [1.29, 1.82) is 0 Å². The van der Waals surface area contributed by atoms with Crippen LogP contribution in [-0.4, -0.2) is 20.6 Å². The Morgan fingerprint density at radius 2 is 1.92 bits per heavy atom. The summed E-state index contributed by atoms with van der Waals surface area (Å²) in [7, 11) is 0. The first-order valence-electron chi connectivity index (χ1n) is 8.57. The molecule has 1 aromatic carbocycles. The number of aryl methyl sites for hydroxylation is 1. The fourth-order valence-corrected chi connectivity index (χ4v) is 3.80. The number of hydrogen-bond acceptors (Lipinski definition) is 4. The van der Waals surface area contributed by atoms with Crippen molar-refractivity contribution in [2.45, 2.75) is 45.6 Å². The summed E-state index contributed by atoms with van der Waals surface area (Å²) in [6.07, 6.45) is 1.95. The van der Waals surface area contributed by atoms with E-state index in [1.807, 2.05) is 17.5 Å². The van der Waals surface area contributed by atoms with Gasteiger partial charge in [-0.25, -0.2) is 4.98 Å². The maximum atomic E-state index is 12.9. The highest BCUT2D eigenvalue weighted by Crippen LogP contribution is 2.32. The average molecular weight is 370 g/mol. The van der Waals surface area contributed by atoms with E-state index in [0.29, 0.717) is 23.2 Å². The van der Waals surface area contributed by atoms with E-state index in [9.17, 15) is 9.59 Å². The number of carboxylic acid groups (broad SMARTS) is 1. The number of thiophene rings is 1. The second-order valence-electron chi connectivity index (χ2n) is 7.40. The second kappa shape index (κ2) is 7.03. The van der Waals surface area contributed by atoms with E-state index in [1.165, 1.54) is 27.8 Å². The molecule has 2 aromatic heterocycles. The van der Waals surface area contributed by atoms with E-state index in [0.717, 1.165) is 11.1 Å². The van der Waals surface area contributed by atoms with E-state index in [4.69, 9.17) is 5.11 Å². The Hall–Kier alpha value is -2.47. The van der Waals surface area contributed by atoms with Gasteiger partial charge in [-0.05, 0) is 23.0 Å². The minimum absolute atomic E-state index is 0.0369. The smallest absolute Gasteiger partial charge is 0.303 e. The number of fused-ring (bicyclic) bond motifs is 1. The molecule has 0 atom stereocenters. The lowest BCUT2D eigenvalue weighted by atomic mass is 9.86. The zero-order valence-corrected chi connectivity index (χ0v) is 16.0. The molecular weight excluding hydrogens is 348 g/mol. The Balaban J connectivity index is 1.99. The molecule has 0 spiro atoms. The van der Waals surface area contributed by atoms with Gasteiger partial charge in [0.1, 0.15) is 4.83 Å². The standard InChI is InChI=1S/C20H22N2O3S/c1-20(2,3)14-8-6-13(7-9-14)15-11-26-18-17(15)19(25)22(12-21-18)10-4-5-16(23)24/h6-9,11-12H,4-5,10H2,1-3H3,(H,23,24). The summed E-state index contributed by atoms with van der Waals surface area (Å²) in [5.41, 5.74) is 3.08. The number of hydrogen-bond donors (Lipinski definition) is 1. The van der Waals surface area contributed by atoms with E-state index in [-0.39, 0.29) is 17.4 Å². The van der Waals surface area contributed by atoms with Crippen LogP contribution in [-0.2, 0) is 16.8 Å². The van der Waals surface area contributed by atoms with Gasteiger partial charge in [0.05, 0.1) is 11.7 Å². The predicted molar refractivity (Wildman–Crippen MR) is 105 cm³/mol. The van der Waals surface area contributed by atoms with Gasteiger partial charge in [-0.15, -0.1) is 11.3 Å². The van der Waals surface area contributed by atoms with Gasteiger partial charge in [-0.3, -0.25) is 14.2 Å². The molecule has 0 unspecified atom stereocenters. The van der Waals surface area contributed by atoms with Crippen molar-refractivity contribution >= 4 is 27.5 Å². The molecule has 0 aliphatic heterocycles. The minimum atomic E-state index is -0.859. The van der Waals surface area contributed by atoms with Gasteiger partial charge in [0.15, 0.2) is 0 Å².